The summed E-state index contributed by atoms with van der Waals surface area (Å²) in [6, 6.07) is 4.56. The van der Waals surface area contributed by atoms with Crippen molar-refractivity contribution in [2.24, 2.45) is 13.0 Å². The SMILES string of the molecule is Cn1cccc1[C@H]1CCCCCN1C(=O)C1CC1. The fraction of sp³-hybridized carbons (Fsp3) is 0.667. The highest BCUT2D eigenvalue weighted by Crippen LogP contribution is 2.37. The molecule has 0 unspecified atom stereocenters. The van der Waals surface area contributed by atoms with Crippen molar-refractivity contribution in [1.82, 2.24) is 9.47 Å². The van der Waals surface area contributed by atoms with E-state index in [1.54, 1.807) is 0 Å². The fourth-order valence-electron chi connectivity index (χ4n) is 3.06. The smallest absolute Gasteiger partial charge is 0.226 e. The van der Waals surface area contributed by atoms with Gasteiger partial charge in [-0.1, -0.05) is 12.8 Å². The van der Waals surface area contributed by atoms with E-state index in [9.17, 15) is 4.79 Å². The Hall–Kier alpha value is -1.25. The Morgan fingerprint density at radius 3 is 2.72 bits per heavy atom. The molecule has 1 aliphatic carbocycles. The van der Waals surface area contributed by atoms with Crippen molar-refractivity contribution in [3.63, 3.8) is 0 Å². The highest BCUT2D eigenvalue weighted by molar-refractivity contribution is 5.81. The molecule has 18 heavy (non-hydrogen) atoms. The van der Waals surface area contributed by atoms with E-state index in [2.05, 4.69) is 34.8 Å². The number of carbonyl (C=O) groups excluding carboxylic acids is 1. The number of aromatic nitrogens is 1. The highest BCUT2D eigenvalue weighted by atomic mass is 16.2. The molecular weight excluding hydrogens is 224 g/mol. The van der Waals surface area contributed by atoms with Crippen LogP contribution in [0.15, 0.2) is 18.3 Å². The molecular formula is C15H22N2O. The van der Waals surface area contributed by atoms with E-state index in [0.717, 1.165) is 25.8 Å². The summed E-state index contributed by atoms with van der Waals surface area (Å²) in [5.41, 5.74) is 1.30. The van der Waals surface area contributed by atoms with E-state index >= 15 is 0 Å². The molecule has 3 nitrogen and oxygen atoms in total. The third-order valence-corrected chi connectivity index (χ3v) is 4.29. The van der Waals surface area contributed by atoms with Crippen LogP contribution in [0.1, 0.15) is 50.3 Å². The Kier molecular flexibility index (Phi) is 3.14. The summed E-state index contributed by atoms with van der Waals surface area (Å²) < 4.78 is 2.17. The van der Waals surface area contributed by atoms with Crippen LogP contribution in [-0.2, 0) is 11.8 Å². The summed E-state index contributed by atoms with van der Waals surface area (Å²) in [6.45, 7) is 0.950. The van der Waals surface area contributed by atoms with Gasteiger partial charge in [-0.2, -0.15) is 0 Å². The van der Waals surface area contributed by atoms with Crippen molar-refractivity contribution in [3.05, 3.63) is 24.0 Å². The summed E-state index contributed by atoms with van der Waals surface area (Å²) in [5.74, 6) is 0.744. The van der Waals surface area contributed by atoms with E-state index in [4.69, 9.17) is 0 Å². The molecule has 3 rings (SSSR count). The Morgan fingerprint density at radius 2 is 2.06 bits per heavy atom. The molecule has 0 N–H and O–H groups in total. The average Bonchev–Trinajstić information content (AvgIpc) is 3.16. The molecule has 0 bridgehead atoms. The number of carbonyl (C=O) groups is 1. The molecule has 2 aliphatic rings. The molecule has 2 fully saturated rings. The summed E-state index contributed by atoms with van der Waals surface area (Å²) in [6.07, 6.45) is 9.08. The van der Waals surface area contributed by atoms with Crippen LogP contribution in [0, 0.1) is 5.92 Å². The molecule has 1 amide bonds. The van der Waals surface area contributed by atoms with Gasteiger partial charge in [0.25, 0.3) is 0 Å². The predicted molar refractivity (Wildman–Crippen MR) is 71.1 cm³/mol. The minimum absolute atomic E-state index is 0.306. The molecule has 1 atom stereocenters. The van der Waals surface area contributed by atoms with Gasteiger partial charge in [0, 0.05) is 31.4 Å². The standard InChI is InChI=1S/C15H22N2O/c1-16-10-5-7-13(16)14-6-3-2-4-11-17(14)15(18)12-8-9-12/h5,7,10,12,14H,2-4,6,8-9,11H2,1H3/t14-/m1/s1. The van der Waals surface area contributed by atoms with Gasteiger partial charge in [-0.05, 0) is 37.8 Å². The largest absolute Gasteiger partial charge is 0.353 e. The first-order valence-corrected chi connectivity index (χ1v) is 7.19. The zero-order valence-corrected chi connectivity index (χ0v) is 11.1. The van der Waals surface area contributed by atoms with Crippen molar-refractivity contribution < 1.29 is 4.79 Å². The molecule has 0 aromatic carbocycles. The van der Waals surface area contributed by atoms with Gasteiger partial charge >= 0.3 is 0 Å². The lowest BCUT2D eigenvalue weighted by atomic mass is 10.1. The molecule has 1 saturated carbocycles. The maximum Gasteiger partial charge on any atom is 0.226 e. The van der Waals surface area contributed by atoms with Gasteiger partial charge < -0.3 is 9.47 Å². The topological polar surface area (TPSA) is 25.2 Å². The molecule has 3 heteroatoms. The second-order valence-electron chi connectivity index (χ2n) is 5.71. The lowest BCUT2D eigenvalue weighted by Gasteiger charge is -2.30. The number of nitrogens with zero attached hydrogens (tertiary/aromatic N) is 2. The number of aryl methyl sites for hydroxylation is 1. The van der Waals surface area contributed by atoms with E-state index in [0.29, 0.717) is 17.9 Å². The summed E-state index contributed by atoms with van der Waals surface area (Å²) in [4.78, 5) is 14.6. The maximum absolute atomic E-state index is 12.4. The zero-order chi connectivity index (χ0) is 12.5. The summed E-state index contributed by atoms with van der Waals surface area (Å²) in [7, 11) is 2.08. The molecule has 1 saturated heterocycles. The van der Waals surface area contributed by atoms with Gasteiger partial charge in [-0.25, -0.2) is 0 Å². The van der Waals surface area contributed by atoms with Crippen molar-refractivity contribution in [1.29, 1.82) is 0 Å². The van der Waals surface area contributed by atoms with E-state index in [-0.39, 0.29) is 0 Å². The molecule has 98 valence electrons. The molecule has 1 aliphatic heterocycles. The van der Waals surface area contributed by atoms with E-state index in [1.165, 1.54) is 25.0 Å². The van der Waals surface area contributed by atoms with Crippen molar-refractivity contribution in [2.45, 2.75) is 44.6 Å². The molecule has 1 aromatic heterocycles. The average molecular weight is 246 g/mol. The monoisotopic (exact) mass is 246 g/mol. The Morgan fingerprint density at radius 1 is 1.22 bits per heavy atom. The van der Waals surface area contributed by atoms with Crippen LogP contribution < -0.4 is 0 Å². The van der Waals surface area contributed by atoms with Crippen LogP contribution >= 0.6 is 0 Å². The number of rotatable bonds is 2. The normalized spacial score (nSPS) is 24.9. The third kappa shape index (κ3) is 2.18. The van der Waals surface area contributed by atoms with Crippen molar-refractivity contribution in [3.8, 4) is 0 Å². The van der Waals surface area contributed by atoms with E-state index < -0.39 is 0 Å². The van der Waals surface area contributed by atoms with Gasteiger partial charge in [0.15, 0.2) is 0 Å². The summed E-state index contributed by atoms with van der Waals surface area (Å²) >= 11 is 0. The fourth-order valence-corrected chi connectivity index (χ4v) is 3.06. The first kappa shape index (κ1) is 11.8. The number of hydrogen-bond donors (Lipinski definition) is 0. The zero-order valence-electron chi connectivity index (χ0n) is 11.1. The Labute approximate surface area is 109 Å². The van der Waals surface area contributed by atoms with Gasteiger partial charge in [-0.15, -0.1) is 0 Å². The lowest BCUT2D eigenvalue weighted by Crippen LogP contribution is -2.36. The van der Waals surface area contributed by atoms with Crippen molar-refractivity contribution >= 4 is 5.91 Å². The van der Waals surface area contributed by atoms with Crippen LogP contribution in [0.4, 0.5) is 0 Å². The first-order chi connectivity index (χ1) is 8.77. The van der Waals surface area contributed by atoms with Gasteiger partial charge in [0.05, 0.1) is 6.04 Å². The van der Waals surface area contributed by atoms with Crippen LogP contribution in [0.3, 0.4) is 0 Å². The van der Waals surface area contributed by atoms with Gasteiger partial charge in [0.1, 0.15) is 0 Å². The lowest BCUT2D eigenvalue weighted by molar-refractivity contribution is -0.135. The van der Waals surface area contributed by atoms with Gasteiger partial charge in [0.2, 0.25) is 5.91 Å². The molecule has 2 heterocycles. The predicted octanol–water partition coefficient (Wildman–Crippen LogP) is 2.88. The number of amides is 1. The minimum atomic E-state index is 0.306. The Bertz CT molecular complexity index is 433. The van der Waals surface area contributed by atoms with Gasteiger partial charge in [-0.3, -0.25) is 4.79 Å². The van der Waals surface area contributed by atoms with E-state index in [1.807, 2.05) is 0 Å². The van der Waals surface area contributed by atoms with Crippen LogP contribution in [0.25, 0.3) is 0 Å². The third-order valence-electron chi connectivity index (χ3n) is 4.29. The Balaban J connectivity index is 1.86. The second-order valence-corrected chi connectivity index (χ2v) is 5.71. The van der Waals surface area contributed by atoms with Crippen LogP contribution in [0.2, 0.25) is 0 Å². The maximum atomic E-state index is 12.4. The van der Waals surface area contributed by atoms with Crippen molar-refractivity contribution in [2.75, 3.05) is 6.54 Å². The highest BCUT2D eigenvalue weighted by Gasteiger charge is 2.37. The van der Waals surface area contributed by atoms with Crippen LogP contribution in [-0.4, -0.2) is 21.9 Å². The molecule has 1 aromatic rings. The second kappa shape index (κ2) is 4.79. The summed E-state index contributed by atoms with van der Waals surface area (Å²) in [5, 5.41) is 0. The van der Waals surface area contributed by atoms with Crippen LogP contribution in [0.5, 0.6) is 0 Å². The number of hydrogen-bond acceptors (Lipinski definition) is 1. The minimum Gasteiger partial charge on any atom is -0.353 e. The molecule has 0 radical (unpaired) electrons. The molecule has 0 spiro atoms. The quantitative estimate of drug-likeness (QED) is 0.787. The first-order valence-electron chi connectivity index (χ1n) is 7.19. The number of likely N-dealkylation sites (tertiary alicyclic amines) is 1.